The molecule has 0 bridgehead atoms. The summed E-state index contributed by atoms with van der Waals surface area (Å²) in [7, 11) is 0. The van der Waals surface area contributed by atoms with Crippen LogP contribution in [0.1, 0.15) is 25.0 Å². The van der Waals surface area contributed by atoms with Crippen LogP contribution in [0.2, 0.25) is 0 Å². The van der Waals surface area contributed by atoms with Crippen LogP contribution >= 0.6 is 0 Å². The molecular weight excluding hydrogens is 309 g/mol. The third-order valence-corrected chi connectivity index (χ3v) is 3.29. The Balaban J connectivity index is 2.39. The summed E-state index contributed by atoms with van der Waals surface area (Å²) in [5.41, 5.74) is 2.26. The fraction of sp³-hybridized carbons (Fsp3) is 0.562. The number of alkyl halides is 3. The van der Waals surface area contributed by atoms with Gasteiger partial charge in [0.2, 0.25) is 0 Å². The quantitative estimate of drug-likeness (QED) is 0.805. The van der Waals surface area contributed by atoms with Gasteiger partial charge < -0.3 is 15.4 Å². The van der Waals surface area contributed by atoms with Crippen LogP contribution in [0, 0.1) is 12.8 Å². The molecule has 1 amide bonds. The monoisotopic (exact) mass is 332 g/mol. The molecule has 4 nitrogen and oxygen atoms in total. The summed E-state index contributed by atoms with van der Waals surface area (Å²) in [5.74, 6) is 0.0546. The van der Waals surface area contributed by atoms with Crippen molar-refractivity contribution < 1.29 is 22.7 Å². The molecule has 0 aliphatic rings. The summed E-state index contributed by atoms with van der Waals surface area (Å²) < 4.78 is 40.2. The molecule has 0 aliphatic carbocycles. The highest BCUT2D eigenvalue weighted by atomic mass is 19.4. The number of carbonyl (C=O) groups is 1. The van der Waals surface area contributed by atoms with Crippen LogP contribution in [0.25, 0.3) is 0 Å². The molecule has 1 atom stereocenters. The Bertz CT molecular complexity index is 487. The van der Waals surface area contributed by atoms with Gasteiger partial charge in [-0.1, -0.05) is 43.7 Å². The highest BCUT2D eigenvalue weighted by Gasteiger charge is 2.30. The van der Waals surface area contributed by atoms with Gasteiger partial charge in [0.05, 0.1) is 0 Å². The summed E-state index contributed by atoms with van der Waals surface area (Å²) >= 11 is 0. The molecule has 1 unspecified atom stereocenters. The molecule has 0 spiro atoms. The third-order valence-electron chi connectivity index (χ3n) is 3.29. The number of alkyl carbamates (subject to hydrolysis) is 1. The molecule has 0 aliphatic heterocycles. The summed E-state index contributed by atoms with van der Waals surface area (Å²) in [6.07, 6.45) is -5.58. The zero-order valence-corrected chi connectivity index (χ0v) is 13.5. The van der Waals surface area contributed by atoms with E-state index in [2.05, 4.69) is 15.4 Å². The molecule has 23 heavy (non-hydrogen) atoms. The first-order chi connectivity index (χ1) is 10.7. The molecule has 0 saturated heterocycles. The Morgan fingerprint density at radius 3 is 2.35 bits per heavy atom. The Hall–Kier alpha value is -1.76. The predicted molar refractivity (Wildman–Crippen MR) is 82.1 cm³/mol. The van der Waals surface area contributed by atoms with Gasteiger partial charge in [-0.15, -0.1) is 0 Å². The Morgan fingerprint density at radius 1 is 1.22 bits per heavy atom. The van der Waals surface area contributed by atoms with Crippen molar-refractivity contribution in [2.45, 2.75) is 39.5 Å². The van der Waals surface area contributed by atoms with Crippen LogP contribution in [0.3, 0.4) is 0 Å². The van der Waals surface area contributed by atoms with Gasteiger partial charge in [0, 0.05) is 19.1 Å². The molecule has 130 valence electrons. The van der Waals surface area contributed by atoms with Crippen molar-refractivity contribution >= 4 is 6.09 Å². The van der Waals surface area contributed by atoms with Crippen LogP contribution in [-0.2, 0) is 11.3 Å². The summed E-state index contributed by atoms with van der Waals surface area (Å²) in [6.45, 7) is 5.23. The number of ether oxygens (including phenoxy) is 1. The number of amides is 1. The first-order valence-electron chi connectivity index (χ1n) is 7.43. The molecular formula is C16H23F3N2O2. The molecule has 0 fully saturated rings. The first-order valence-corrected chi connectivity index (χ1v) is 7.43. The number of carbonyl (C=O) groups excluding carboxylic acids is 1. The van der Waals surface area contributed by atoms with Gasteiger partial charge >= 0.3 is 12.3 Å². The van der Waals surface area contributed by atoms with Gasteiger partial charge in [0.25, 0.3) is 0 Å². The molecule has 2 N–H and O–H groups in total. The fourth-order valence-corrected chi connectivity index (χ4v) is 1.87. The van der Waals surface area contributed by atoms with Crippen molar-refractivity contribution in [3.8, 4) is 0 Å². The van der Waals surface area contributed by atoms with Crippen molar-refractivity contribution in [2.75, 3.05) is 13.2 Å². The molecule has 1 aromatic carbocycles. The lowest BCUT2D eigenvalue weighted by atomic mass is 10.0. The lowest BCUT2D eigenvalue weighted by Gasteiger charge is -2.22. The van der Waals surface area contributed by atoms with E-state index in [1.165, 1.54) is 5.56 Å². The number of halogens is 3. The summed E-state index contributed by atoms with van der Waals surface area (Å²) in [6, 6.07) is 7.68. The summed E-state index contributed by atoms with van der Waals surface area (Å²) in [4.78, 5) is 11.4. The van der Waals surface area contributed by atoms with Crippen molar-refractivity contribution in [1.82, 2.24) is 10.6 Å². The number of nitrogens with one attached hydrogen (secondary N) is 2. The minimum atomic E-state index is -4.52. The van der Waals surface area contributed by atoms with E-state index in [1.54, 1.807) is 0 Å². The van der Waals surface area contributed by atoms with Crippen molar-refractivity contribution in [3.05, 3.63) is 35.4 Å². The Labute approximate surface area is 134 Å². The van der Waals surface area contributed by atoms with Crippen LogP contribution in [0.5, 0.6) is 0 Å². The third kappa shape index (κ3) is 8.44. The van der Waals surface area contributed by atoms with Gasteiger partial charge in [0.15, 0.2) is 6.61 Å². The van der Waals surface area contributed by atoms with Crippen molar-refractivity contribution in [3.63, 3.8) is 0 Å². The lowest BCUT2D eigenvalue weighted by molar-refractivity contribution is -0.160. The highest BCUT2D eigenvalue weighted by Crippen LogP contribution is 2.14. The average molecular weight is 332 g/mol. The molecule has 0 radical (unpaired) electrons. The van der Waals surface area contributed by atoms with Crippen LogP contribution < -0.4 is 10.6 Å². The molecule has 0 saturated carbocycles. The number of hydrogen-bond acceptors (Lipinski definition) is 3. The molecule has 7 heteroatoms. The second-order valence-corrected chi connectivity index (χ2v) is 5.80. The van der Waals surface area contributed by atoms with E-state index < -0.39 is 18.9 Å². The predicted octanol–water partition coefficient (Wildman–Crippen LogP) is 3.40. The maximum absolute atomic E-state index is 12.0. The number of hydrogen-bond donors (Lipinski definition) is 2. The minimum absolute atomic E-state index is 0.0546. The van der Waals surface area contributed by atoms with E-state index in [-0.39, 0.29) is 12.0 Å². The van der Waals surface area contributed by atoms with Crippen molar-refractivity contribution in [2.24, 2.45) is 5.92 Å². The smallest absolute Gasteiger partial charge is 0.422 e. The molecule has 0 aromatic heterocycles. The highest BCUT2D eigenvalue weighted by molar-refractivity contribution is 5.67. The molecule has 1 aromatic rings. The lowest BCUT2D eigenvalue weighted by Crippen LogP contribution is -2.46. The fourth-order valence-electron chi connectivity index (χ4n) is 1.87. The SMILES string of the molecule is Cc1ccc(CNCC(NC(=O)OCC(F)(F)F)C(C)C)cc1. The maximum atomic E-state index is 12.0. The van der Waals surface area contributed by atoms with Crippen LogP contribution in [0.4, 0.5) is 18.0 Å². The minimum Gasteiger partial charge on any atom is -0.440 e. The van der Waals surface area contributed by atoms with Crippen LogP contribution in [0.15, 0.2) is 24.3 Å². The van der Waals surface area contributed by atoms with Gasteiger partial charge in [-0.05, 0) is 18.4 Å². The van der Waals surface area contributed by atoms with Crippen LogP contribution in [-0.4, -0.2) is 31.5 Å². The molecule has 1 rings (SSSR count). The van der Waals surface area contributed by atoms with Gasteiger partial charge in [-0.25, -0.2) is 4.79 Å². The number of benzene rings is 1. The average Bonchev–Trinajstić information content (AvgIpc) is 2.45. The molecule has 0 heterocycles. The van der Waals surface area contributed by atoms with E-state index in [0.29, 0.717) is 13.1 Å². The zero-order chi connectivity index (χ0) is 17.5. The van der Waals surface area contributed by atoms with E-state index in [4.69, 9.17) is 0 Å². The Morgan fingerprint density at radius 2 is 1.83 bits per heavy atom. The van der Waals surface area contributed by atoms with Crippen molar-refractivity contribution in [1.29, 1.82) is 0 Å². The standard InChI is InChI=1S/C16H23F3N2O2/c1-11(2)14(21-15(22)23-10-16(17,18)19)9-20-8-13-6-4-12(3)5-7-13/h4-7,11,14,20H,8-10H2,1-3H3,(H,21,22). The van der Waals surface area contributed by atoms with E-state index in [9.17, 15) is 18.0 Å². The zero-order valence-electron chi connectivity index (χ0n) is 13.5. The second kappa shape index (κ2) is 8.76. The van der Waals surface area contributed by atoms with E-state index in [1.807, 2.05) is 45.0 Å². The van der Waals surface area contributed by atoms with E-state index >= 15 is 0 Å². The first kappa shape index (κ1) is 19.3. The number of rotatable bonds is 7. The largest absolute Gasteiger partial charge is 0.440 e. The second-order valence-electron chi connectivity index (χ2n) is 5.80. The van der Waals surface area contributed by atoms with Gasteiger partial charge in [-0.2, -0.15) is 13.2 Å². The van der Waals surface area contributed by atoms with Gasteiger partial charge in [0.1, 0.15) is 0 Å². The van der Waals surface area contributed by atoms with Gasteiger partial charge in [-0.3, -0.25) is 0 Å². The summed E-state index contributed by atoms with van der Waals surface area (Å²) in [5, 5.41) is 5.65. The topological polar surface area (TPSA) is 50.4 Å². The maximum Gasteiger partial charge on any atom is 0.422 e. The van der Waals surface area contributed by atoms with E-state index in [0.717, 1.165) is 5.56 Å². The normalized spacial score (nSPS) is 13.0. The number of aryl methyl sites for hydroxylation is 1. The Kier molecular flexibility index (Phi) is 7.35.